The fourth-order valence-corrected chi connectivity index (χ4v) is 2.36. The minimum atomic E-state index is 0.552. The quantitative estimate of drug-likeness (QED) is 0.323. The Morgan fingerprint density at radius 3 is 2.71 bits per heavy atom. The molecule has 0 aromatic rings. The third-order valence-corrected chi connectivity index (χ3v) is 3.34. The van der Waals surface area contributed by atoms with Gasteiger partial charge in [-0.15, -0.1) is 0 Å². The highest BCUT2D eigenvalue weighted by Crippen LogP contribution is 2.26. The third-order valence-electron chi connectivity index (χ3n) is 3.34. The molecule has 98 valence electrons. The molecule has 0 radical (unpaired) electrons. The number of hydrogen-bond donors (Lipinski definition) is 2. The molecule has 1 aliphatic rings. The third kappa shape index (κ3) is 7.03. The number of nitrogens with one attached hydrogen (secondary N) is 1. The molecule has 0 aliphatic heterocycles. The standard InChI is InChI=1S/C14H27N3/c1-12(2)11-17-14(15)16-10-6-9-13-7-4-3-5-8-13/h13H,1,3-11H2,2H3,(H3,15,16,17). The van der Waals surface area contributed by atoms with Crippen molar-refractivity contribution in [2.24, 2.45) is 16.6 Å². The van der Waals surface area contributed by atoms with Crippen molar-refractivity contribution < 1.29 is 0 Å². The topological polar surface area (TPSA) is 50.4 Å². The lowest BCUT2D eigenvalue weighted by Gasteiger charge is -2.21. The Hall–Kier alpha value is -0.990. The lowest BCUT2D eigenvalue weighted by atomic mass is 9.86. The molecule has 0 bridgehead atoms. The van der Waals surface area contributed by atoms with Gasteiger partial charge in [0.2, 0.25) is 0 Å². The van der Waals surface area contributed by atoms with E-state index in [1.54, 1.807) is 0 Å². The van der Waals surface area contributed by atoms with Gasteiger partial charge in [-0.1, -0.05) is 44.3 Å². The molecular formula is C14H27N3. The first-order valence-electron chi connectivity index (χ1n) is 6.86. The number of guanidine groups is 1. The maximum absolute atomic E-state index is 5.74. The van der Waals surface area contributed by atoms with Crippen LogP contribution in [0, 0.1) is 5.92 Å². The van der Waals surface area contributed by atoms with E-state index in [1.807, 2.05) is 6.92 Å². The van der Waals surface area contributed by atoms with Crippen LogP contribution >= 0.6 is 0 Å². The minimum absolute atomic E-state index is 0.552. The second-order valence-corrected chi connectivity index (χ2v) is 5.23. The summed E-state index contributed by atoms with van der Waals surface area (Å²) in [7, 11) is 0. The first-order chi connectivity index (χ1) is 8.18. The molecule has 0 amide bonds. The number of hydrogen-bond acceptors (Lipinski definition) is 1. The molecule has 0 atom stereocenters. The van der Waals surface area contributed by atoms with Crippen LogP contribution in [0.4, 0.5) is 0 Å². The molecule has 0 heterocycles. The number of nitrogens with zero attached hydrogens (tertiary/aromatic N) is 1. The van der Waals surface area contributed by atoms with Crippen LogP contribution < -0.4 is 11.1 Å². The minimum Gasteiger partial charge on any atom is -0.370 e. The smallest absolute Gasteiger partial charge is 0.188 e. The SMILES string of the molecule is C=C(C)CN=C(N)NCCCC1CCCCC1. The molecule has 3 nitrogen and oxygen atoms in total. The van der Waals surface area contributed by atoms with Gasteiger partial charge in [0, 0.05) is 6.54 Å². The van der Waals surface area contributed by atoms with Gasteiger partial charge in [-0.2, -0.15) is 0 Å². The van der Waals surface area contributed by atoms with Gasteiger partial charge in [-0.25, -0.2) is 4.99 Å². The average Bonchev–Trinajstić information content (AvgIpc) is 2.33. The molecule has 17 heavy (non-hydrogen) atoms. The monoisotopic (exact) mass is 237 g/mol. The number of aliphatic imine (C=N–C) groups is 1. The molecule has 1 rings (SSSR count). The zero-order chi connectivity index (χ0) is 12.5. The Bertz CT molecular complexity index is 252. The first-order valence-corrected chi connectivity index (χ1v) is 6.86. The first kappa shape index (κ1) is 14.1. The second kappa shape index (κ2) is 8.15. The van der Waals surface area contributed by atoms with Crippen LogP contribution in [0.15, 0.2) is 17.1 Å². The molecular weight excluding hydrogens is 210 g/mol. The van der Waals surface area contributed by atoms with Gasteiger partial charge in [-0.05, 0) is 25.7 Å². The van der Waals surface area contributed by atoms with Gasteiger partial charge in [0.25, 0.3) is 0 Å². The summed E-state index contributed by atoms with van der Waals surface area (Å²) in [6, 6.07) is 0. The van der Waals surface area contributed by atoms with Crippen molar-refractivity contribution in [3.05, 3.63) is 12.2 Å². The molecule has 3 heteroatoms. The lowest BCUT2D eigenvalue weighted by molar-refractivity contribution is 0.332. The van der Waals surface area contributed by atoms with Crippen molar-refractivity contribution in [1.29, 1.82) is 0 Å². The maximum Gasteiger partial charge on any atom is 0.188 e. The number of rotatable bonds is 6. The van der Waals surface area contributed by atoms with E-state index in [0.717, 1.165) is 18.0 Å². The van der Waals surface area contributed by atoms with Crippen molar-refractivity contribution in [1.82, 2.24) is 5.32 Å². The average molecular weight is 237 g/mol. The zero-order valence-corrected chi connectivity index (χ0v) is 11.2. The van der Waals surface area contributed by atoms with E-state index in [2.05, 4.69) is 16.9 Å². The Morgan fingerprint density at radius 1 is 1.35 bits per heavy atom. The Kier molecular flexibility index (Phi) is 6.75. The summed E-state index contributed by atoms with van der Waals surface area (Å²) in [5, 5.41) is 3.16. The van der Waals surface area contributed by atoms with E-state index in [-0.39, 0.29) is 0 Å². The molecule has 3 N–H and O–H groups in total. The Morgan fingerprint density at radius 2 is 2.06 bits per heavy atom. The fourth-order valence-electron chi connectivity index (χ4n) is 2.36. The normalized spacial score (nSPS) is 18.1. The summed E-state index contributed by atoms with van der Waals surface area (Å²) in [5.74, 6) is 1.51. The van der Waals surface area contributed by atoms with E-state index >= 15 is 0 Å². The lowest BCUT2D eigenvalue weighted by Crippen LogP contribution is -2.32. The van der Waals surface area contributed by atoms with Gasteiger partial charge in [-0.3, -0.25) is 0 Å². The largest absolute Gasteiger partial charge is 0.370 e. The van der Waals surface area contributed by atoms with Crippen molar-refractivity contribution in [2.75, 3.05) is 13.1 Å². The summed E-state index contributed by atoms with van der Waals surface area (Å²) >= 11 is 0. The molecule has 0 spiro atoms. The van der Waals surface area contributed by atoms with Crippen molar-refractivity contribution >= 4 is 5.96 Å². The predicted octanol–water partition coefficient (Wildman–Crippen LogP) is 2.83. The Labute approximate surface area is 106 Å². The van der Waals surface area contributed by atoms with Crippen molar-refractivity contribution in [3.8, 4) is 0 Å². The van der Waals surface area contributed by atoms with E-state index < -0.39 is 0 Å². The molecule has 0 aromatic carbocycles. The highest BCUT2D eigenvalue weighted by molar-refractivity contribution is 5.77. The van der Waals surface area contributed by atoms with Crippen LogP contribution in [0.3, 0.4) is 0 Å². The van der Waals surface area contributed by atoms with E-state index in [9.17, 15) is 0 Å². The van der Waals surface area contributed by atoms with Gasteiger partial charge in [0.1, 0.15) is 0 Å². The van der Waals surface area contributed by atoms with E-state index in [0.29, 0.717) is 12.5 Å². The van der Waals surface area contributed by atoms with Crippen LogP contribution in [-0.2, 0) is 0 Å². The van der Waals surface area contributed by atoms with Gasteiger partial charge in [0.15, 0.2) is 5.96 Å². The summed E-state index contributed by atoms with van der Waals surface area (Å²) in [6.07, 6.45) is 9.70. The van der Waals surface area contributed by atoms with E-state index in [1.165, 1.54) is 44.9 Å². The molecule has 1 fully saturated rings. The molecule has 0 saturated heterocycles. The van der Waals surface area contributed by atoms with Crippen LogP contribution in [0.2, 0.25) is 0 Å². The second-order valence-electron chi connectivity index (χ2n) is 5.23. The fraction of sp³-hybridized carbons (Fsp3) is 0.786. The van der Waals surface area contributed by atoms with Gasteiger partial charge >= 0.3 is 0 Å². The highest BCUT2D eigenvalue weighted by atomic mass is 15.1. The summed E-state index contributed by atoms with van der Waals surface area (Å²) in [6.45, 7) is 7.33. The zero-order valence-electron chi connectivity index (χ0n) is 11.2. The summed E-state index contributed by atoms with van der Waals surface area (Å²) in [5.41, 5.74) is 6.78. The van der Waals surface area contributed by atoms with Crippen LogP contribution in [0.1, 0.15) is 51.9 Å². The predicted molar refractivity (Wildman–Crippen MR) is 75.1 cm³/mol. The molecule has 0 aromatic heterocycles. The van der Waals surface area contributed by atoms with Crippen LogP contribution in [0.5, 0.6) is 0 Å². The number of nitrogens with two attached hydrogens (primary N) is 1. The summed E-state index contributed by atoms with van der Waals surface area (Å²) in [4.78, 5) is 4.19. The van der Waals surface area contributed by atoms with Crippen molar-refractivity contribution in [2.45, 2.75) is 51.9 Å². The van der Waals surface area contributed by atoms with Crippen molar-refractivity contribution in [3.63, 3.8) is 0 Å². The molecule has 0 unspecified atom stereocenters. The van der Waals surface area contributed by atoms with Gasteiger partial charge in [0.05, 0.1) is 6.54 Å². The Balaban J connectivity index is 2.02. The van der Waals surface area contributed by atoms with Gasteiger partial charge < -0.3 is 11.1 Å². The van der Waals surface area contributed by atoms with Crippen LogP contribution in [-0.4, -0.2) is 19.0 Å². The maximum atomic E-state index is 5.74. The summed E-state index contributed by atoms with van der Waals surface area (Å²) < 4.78 is 0. The van der Waals surface area contributed by atoms with E-state index in [4.69, 9.17) is 5.73 Å². The molecule has 1 saturated carbocycles. The highest BCUT2D eigenvalue weighted by Gasteiger charge is 2.12. The van der Waals surface area contributed by atoms with Crippen LogP contribution in [0.25, 0.3) is 0 Å². The molecule has 1 aliphatic carbocycles.